The van der Waals surface area contributed by atoms with Crippen LogP contribution in [-0.2, 0) is 18.5 Å². The minimum atomic E-state index is -1.42. The first-order valence-corrected chi connectivity index (χ1v) is 6.50. The van der Waals surface area contributed by atoms with Gasteiger partial charge in [-0.15, -0.1) is 0 Å². The van der Waals surface area contributed by atoms with E-state index in [1.165, 1.54) is 17.2 Å². The quantitative estimate of drug-likeness (QED) is 0.610. The Labute approximate surface area is 105 Å². The van der Waals surface area contributed by atoms with Crippen molar-refractivity contribution in [1.29, 1.82) is 0 Å². The molecule has 1 atom stereocenters. The molecule has 0 aromatic heterocycles. The number of rotatable bonds is 6. The Morgan fingerprint density at radius 1 is 1.35 bits per heavy atom. The van der Waals surface area contributed by atoms with Crippen LogP contribution in [0.3, 0.4) is 0 Å². The van der Waals surface area contributed by atoms with Crippen LogP contribution in [0.1, 0.15) is 50.3 Å². The smallest absolute Gasteiger partial charge is 0.151 e. The predicted octanol–water partition coefficient (Wildman–Crippen LogP) is 4.96. The standard InChI is InChI=1S/C16H23F/c1-5-8-11-14-13(6-2)10-9-12-15(14)16(4,17)7-3/h7,9-10,12H,3,5-6,8,11H2,1-2,4H3. The lowest BCUT2D eigenvalue weighted by Crippen LogP contribution is -2.15. The molecular formula is C16H23F. The molecule has 0 spiro atoms. The topological polar surface area (TPSA) is 0 Å². The highest BCUT2D eigenvalue weighted by atomic mass is 19.1. The van der Waals surface area contributed by atoms with Crippen LogP contribution < -0.4 is 0 Å². The molecule has 0 heterocycles. The zero-order chi connectivity index (χ0) is 12.9. The second-order valence-electron chi connectivity index (χ2n) is 4.68. The van der Waals surface area contributed by atoms with Crippen LogP contribution in [0.25, 0.3) is 0 Å². The lowest BCUT2D eigenvalue weighted by Gasteiger charge is -2.22. The van der Waals surface area contributed by atoms with Crippen molar-refractivity contribution < 1.29 is 4.39 Å². The third-order valence-corrected chi connectivity index (χ3v) is 3.34. The number of unbranched alkanes of at least 4 members (excludes halogenated alkanes) is 1. The molecule has 1 unspecified atom stereocenters. The molecular weight excluding hydrogens is 211 g/mol. The second-order valence-corrected chi connectivity index (χ2v) is 4.68. The number of aryl methyl sites for hydroxylation is 1. The molecule has 0 saturated carbocycles. The largest absolute Gasteiger partial charge is 0.234 e. The van der Waals surface area contributed by atoms with Gasteiger partial charge in [0.2, 0.25) is 0 Å². The zero-order valence-electron chi connectivity index (χ0n) is 11.2. The molecule has 17 heavy (non-hydrogen) atoms. The van der Waals surface area contributed by atoms with Crippen LogP contribution in [0, 0.1) is 0 Å². The summed E-state index contributed by atoms with van der Waals surface area (Å²) in [5.41, 5.74) is 1.82. The predicted molar refractivity (Wildman–Crippen MR) is 73.1 cm³/mol. The molecule has 0 aliphatic rings. The highest BCUT2D eigenvalue weighted by molar-refractivity contribution is 5.40. The summed E-state index contributed by atoms with van der Waals surface area (Å²) in [6.45, 7) is 9.48. The molecule has 0 bridgehead atoms. The van der Waals surface area contributed by atoms with E-state index >= 15 is 0 Å². The van der Waals surface area contributed by atoms with E-state index in [1.807, 2.05) is 12.1 Å². The SMILES string of the molecule is C=CC(C)(F)c1cccc(CC)c1CCCC. The summed E-state index contributed by atoms with van der Waals surface area (Å²) < 4.78 is 14.4. The van der Waals surface area contributed by atoms with Crippen molar-refractivity contribution in [2.24, 2.45) is 0 Å². The first kappa shape index (κ1) is 14.0. The molecule has 1 aromatic carbocycles. The zero-order valence-corrected chi connectivity index (χ0v) is 11.2. The van der Waals surface area contributed by atoms with Gasteiger partial charge in [0.1, 0.15) is 0 Å². The van der Waals surface area contributed by atoms with Crippen molar-refractivity contribution >= 4 is 0 Å². The molecule has 0 radical (unpaired) electrons. The summed E-state index contributed by atoms with van der Waals surface area (Å²) in [6.07, 6.45) is 5.56. The van der Waals surface area contributed by atoms with E-state index in [1.54, 1.807) is 6.92 Å². The van der Waals surface area contributed by atoms with Crippen LogP contribution in [0.15, 0.2) is 30.9 Å². The van der Waals surface area contributed by atoms with Gasteiger partial charge in [-0.2, -0.15) is 0 Å². The Hall–Kier alpha value is -1.11. The van der Waals surface area contributed by atoms with Gasteiger partial charge < -0.3 is 0 Å². The van der Waals surface area contributed by atoms with Crippen LogP contribution in [-0.4, -0.2) is 0 Å². The summed E-state index contributed by atoms with van der Waals surface area (Å²) in [4.78, 5) is 0. The van der Waals surface area contributed by atoms with Gasteiger partial charge in [0.05, 0.1) is 0 Å². The maximum Gasteiger partial charge on any atom is 0.151 e. The molecule has 94 valence electrons. The van der Waals surface area contributed by atoms with Gasteiger partial charge in [0.25, 0.3) is 0 Å². The Balaban J connectivity index is 3.23. The maximum atomic E-state index is 14.4. The summed E-state index contributed by atoms with van der Waals surface area (Å²) in [7, 11) is 0. The molecule has 0 fully saturated rings. The minimum absolute atomic E-state index is 0.792. The second kappa shape index (κ2) is 6.00. The molecule has 0 amide bonds. The van der Waals surface area contributed by atoms with Gasteiger partial charge in [-0.25, -0.2) is 4.39 Å². The third-order valence-electron chi connectivity index (χ3n) is 3.34. The molecule has 1 heteroatoms. The Kier molecular flexibility index (Phi) is 4.92. The van der Waals surface area contributed by atoms with Crippen LogP contribution >= 0.6 is 0 Å². The fourth-order valence-corrected chi connectivity index (χ4v) is 2.18. The normalized spacial score (nSPS) is 14.4. The van der Waals surface area contributed by atoms with Crippen molar-refractivity contribution in [1.82, 2.24) is 0 Å². The highest BCUT2D eigenvalue weighted by Crippen LogP contribution is 2.32. The van der Waals surface area contributed by atoms with E-state index in [9.17, 15) is 4.39 Å². The average Bonchev–Trinajstić information content (AvgIpc) is 2.35. The highest BCUT2D eigenvalue weighted by Gasteiger charge is 2.25. The van der Waals surface area contributed by atoms with Crippen LogP contribution in [0.4, 0.5) is 4.39 Å². The van der Waals surface area contributed by atoms with Gasteiger partial charge in [-0.1, -0.05) is 51.1 Å². The van der Waals surface area contributed by atoms with E-state index in [0.717, 1.165) is 31.2 Å². The summed E-state index contributed by atoms with van der Waals surface area (Å²) in [5, 5.41) is 0. The fraction of sp³-hybridized carbons (Fsp3) is 0.500. The van der Waals surface area contributed by atoms with Crippen molar-refractivity contribution in [2.75, 3.05) is 0 Å². The molecule has 0 N–H and O–H groups in total. The molecule has 0 aliphatic heterocycles. The Morgan fingerprint density at radius 2 is 2.06 bits per heavy atom. The number of halogens is 1. The van der Waals surface area contributed by atoms with E-state index in [0.29, 0.717) is 0 Å². The number of hydrogen-bond acceptors (Lipinski definition) is 0. The van der Waals surface area contributed by atoms with Gasteiger partial charge >= 0.3 is 0 Å². The third kappa shape index (κ3) is 3.18. The van der Waals surface area contributed by atoms with E-state index in [2.05, 4.69) is 26.5 Å². The summed E-state index contributed by atoms with van der Waals surface area (Å²) in [5.74, 6) is 0. The Bertz CT molecular complexity index is 377. The molecule has 1 aromatic rings. The summed E-state index contributed by atoms with van der Waals surface area (Å²) in [6, 6.07) is 5.95. The lowest BCUT2D eigenvalue weighted by molar-refractivity contribution is 0.262. The molecule has 0 nitrogen and oxygen atoms in total. The van der Waals surface area contributed by atoms with E-state index < -0.39 is 5.67 Å². The van der Waals surface area contributed by atoms with Crippen molar-refractivity contribution in [3.63, 3.8) is 0 Å². The van der Waals surface area contributed by atoms with Crippen molar-refractivity contribution in [3.8, 4) is 0 Å². The number of benzene rings is 1. The van der Waals surface area contributed by atoms with E-state index in [4.69, 9.17) is 0 Å². The Morgan fingerprint density at radius 3 is 2.59 bits per heavy atom. The van der Waals surface area contributed by atoms with Gasteiger partial charge in [-0.3, -0.25) is 0 Å². The number of hydrogen-bond donors (Lipinski definition) is 0. The van der Waals surface area contributed by atoms with Crippen molar-refractivity contribution in [2.45, 2.75) is 52.1 Å². The first-order valence-electron chi connectivity index (χ1n) is 6.50. The molecule has 0 saturated heterocycles. The van der Waals surface area contributed by atoms with Gasteiger partial charge in [-0.05, 0) is 42.9 Å². The molecule has 0 aliphatic carbocycles. The monoisotopic (exact) mass is 234 g/mol. The van der Waals surface area contributed by atoms with Gasteiger partial charge in [0, 0.05) is 0 Å². The maximum absolute atomic E-state index is 14.4. The fourth-order valence-electron chi connectivity index (χ4n) is 2.18. The first-order chi connectivity index (χ1) is 8.06. The van der Waals surface area contributed by atoms with Gasteiger partial charge in [0.15, 0.2) is 5.67 Å². The molecule has 1 rings (SSSR count). The lowest BCUT2D eigenvalue weighted by atomic mass is 9.87. The van der Waals surface area contributed by atoms with Crippen LogP contribution in [0.5, 0.6) is 0 Å². The van der Waals surface area contributed by atoms with Crippen LogP contribution in [0.2, 0.25) is 0 Å². The minimum Gasteiger partial charge on any atom is -0.234 e. The average molecular weight is 234 g/mol. The summed E-state index contributed by atoms with van der Waals surface area (Å²) >= 11 is 0. The number of allylic oxidation sites excluding steroid dienone is 1. The van der Waals surface area contributed by atoms with Crippen molar-refractivity contribution in [3.05, 3.63) is 47.5 Å². The van der Waals surface area contributed by atoms with E-state index in [-0.39, 0.29) is 0 Å². The number of alkyl halides is 1.